The van der Waals surface area contributed by atoms with Crippen LogP contribution in [0.3, 0.4) is 0 Å². The molecule has 0 aromatic heterocycles. The van der Waals surface area contributed by atoms with Gasteiger partial charge in [-0.1, -0.05) is 80.6 Å². The van der Waals surface area contributed by atoms with Crippen LogP contribution in [0, 0.1) is 6.92 Å². The normalized spacial score (nSPS) is 11.0. The van der Waals surface area contributed by atoms with E-state index in [9.17, 15) is 0 Å². The molecule has 25 heavy (non-hydrogen) atoms. The summed E-state index contributed by atoms with van der Waals surface area (Å²) >= 11 is 0. The minimum Gasteiger partial charge on any atom is -0.0683 e. The van der Waals surface area contributed by atoms with Crippen LogP contribution in [0.4, 0.5) is 0 Å². The van der Waals surface area contributed by atoms with Crippen molar-refractivity contribution in [2.45, 2.75) is 20.8 Å². The molecule has 0 heterocycles. The topological polar surface area (TPSA) is 0 Å². The van der Waals surface area contributed by atoms with Crippen LogP contribution in [0.1, 0.15) is 19.4 Å². The smallest absolute Gasteiger partial charge is 0.00986 e. The minimum atomic E-state index is 1.30. The summed E-state index contributed by atoms with van der Waals surface area (Å²) in [6, 6.07) is 28.8. The number of benzene rings is 5. The predicted octanol–water partition coefficient (Wildman–Crippen LogP) is 7.63. The highest BCUT2D eigenvalue weighted by Gasteiger charge is 2.07. The van der Waals surface area contributed by atoms with Gasteiger partial charge in [-0.05, 0) is 67.7 Å². The maximum absolute atomic E-state index is 2.37. The van der Waals surface area contributed by atoms with E-state index in [1.165, 1.54) is 48.7 Å². The molecule has 0 aliphatic heterocycles. The van der Waals surface area contributed by atoms with Crippen LogP contribution < -0.4 is 0 Å². The van der Waals surface area contributed by atoms with E-state index in [-0.39, 0.29) is 0 Å². The first-order chi connectivity index (χ1) is 12.3. The summed E-state index contributed by atoms with van der Waals surface area (Å²) in [5.74, 6) is 0. The summed E-state index contributed by atoms with van der Waals surface area (Å²) in [5.41, 5.74) is 1.34. The number of hydrogen-bond donors (Lipinski definition) is 0. The number of fused-ring (bicyclic) bond motifs is 6. The van der Waals surface area contributed by atoms with Gasteiger partial charge in [0.25, 0.3) is 0 Å². The molecule has 0 unspecified atom stereocenters. The first-order valence-corrected chi connectivity index (χ1v) is 9.05. The van der Waals surface area contributed by atoms with Crippen LogP contribution in [0.25, 0.3) is 43.1 Å². The number of hydrogen-bond acceptors (Lipinski definition) is 0. The van der Waals surface area contributed by atoms with Crippen molar-refractivity contribution in [3.05, 3.63) is 84.4 Å². The highest BCUT2D eigenvalue weighted by molar-refractivity contribution is 6.17. The molecular formula is C25H22. The molecule has 5 rings (SSSR count). The average Bonchev–Trinajstić information content (AvgIpc) is 2.68. The van der Waals surface area contributed by atoms with Gasteiger partial charge in [0.15, 0.2) is 0 Å². The summed E-state index contributed by atoms with van der Waals surface area (Å²) in [4.78, 5) is 0. The van der Waals surface area contributed by atoms with Crippen LogP contribution in [0.5, 0.6) is 0 Å². The molecule has 0 aliphatic rings. The van der Waals surface area contributed by atoms with Crippen molar-refractivity contribution >= 4 is 43.1 Å². The molecule has 0 N–H and O–H groups in total. The van der Waals surface area contributed by atoms with Crippen LogP contribution >= 0.6 is 0 Å². The lowest BCUT2D eigenvalue weighted by Crippen LogP contribution is -1.84. The molecule has 0 heteroatoms. The molecule has 0 saturated carbocycles. The van der Waals surface area contributed by atoms with Crippen LogP contribution in [0.15, 0.2) is 78.9 Å². The van der Waals surface area contributed by atoms with Gasteiger partial charge in [0.1, 0.15) is 0 Å². The molecule has 0 aliphatic carbocycles. The number of aryl methyl sites for hydroxylation is 1. The average molecular weight is 322 g/mol. The second-order valence-electron chi connectivity index (χ2n) is 6.32. The van der Waals surface area contributed by atoms with Crippen molar-refractivity contribution in [2.24, 2.45) is 0 Å². The zero-order valence-corrected chi connectivity index (χ0v) is 15.0. The van der Waals surface area contributed by atoms with Gasteiger partial charge in [-0.15, -0.1) is 0 Å². The third-order valence-corrected chi connectivity index (χ3v) is 4.93. The van der Waals surface area contributed by atoms with Crippen LogP contribution in [0.2, 0.25) is 0 Å². The fraction of sp³-hybridized carbons (Fsp3) is 0.120. The van der Waals surface area contributed by atoms with Gasteiger partial charge < -0.3 is 0 Å². The van der Waals surface area contributed by atoms with E-state index in [0.29, 0.717) is 0 Å². The van der Waals surface area contributed by atoms with E-state index < -0.39 is 0 Å². The Labute approximate surface area is 148 Å². The Kier molecular flexibility index (Phi) is 3.89. The summed E-state index contributed by atoms with van der Waals surface area (Å²) < 4.78 is 0. The van der Waals surface area contributed by atoms with Gasteiger partial charge in [-0.3, -0.25) is 0 Å². The molecule has 0 spiro atoms. The SMILES string of the molecule is CC.Cc1cc2cc3ccc4ccccc4c3cc2c2ccccc12. The maximum Gasteiger partial charge on any atom is -0.00986 e. The zero-order chi connectivity index (χ0) is 17.4. The summed E-state index contributed by atoms with van der Waals surface area (Å²) in [6.07, 6.45) is 0. The highest BCUT2D eigenvalue weighted by atomic mass is 14.1. The van der Waals surface area contributed by atoms with Crippen molar-refractivity contribution in [1.82, 2.24) is 0 Å². The maximum atomic E-state index is 2.37. The fourth-order valence-electron chi connectivity index (χ4n) is 3.80. The lowest BCUT2D eigenvalue weighted by Gasteiger charge is -2.10. The van der Waals surface area contributed by atoms with Gasteiger partial charge in [0.05, 0.1) is 0 Å². The second-order valence-corrected chi connectivity index (χ2v) is 6.32. The Morgan fingerprint density at radius 1 is 0.440 bits per heavy atom. The van der Waals surface area contributed by atoms with Gasteiger partial charge in [0, 0.05) is 0 Å². The monoisotopic (exact) mass is 322 g/mol. The fourth-order valence-corrected chi connectivity index (χ4v) is 3.80. The van der Waals surface area contributed by atoms with Crippen molar-refractivity contribution in [2.75, 3.05) is 0 Å². The van der Waals surface area contributed by atoms with E-state index in [2.05, 4.69) is 85.8 Å². The number of rotatable bonds is 0. The highest BCUT2D eigenvalue weighted by Crippen LogP contribution is 2.34. The Bertz CT molecular complexity index is 1210. The van der Waals surface area contributed by atoms with Gasteiger partial charge in [-0.25, -0.2) is 0 Å². The summed E-state index contributed by atoms with van der Waals surface area (Å²) in [6.45, 7) is 6.20. The van der Waals surface area contributed by atoms with Crippen molar-refractivity contribution in [1.29, 1.82) is 0 Å². The molecule has 0 amide bonds. The zero-order valence-electron chi connectivity index (χ0n) is 15.0. The first kappa shape index (κ1) is 15.7. The van der Waals surface area contributed by atoms with E-state index in [4.69, 9.17) is 0 Å². The largest absolute Gasteiger partial charge is 0.0683 e. The summed E-state index contributed by atoms with van der Waals surface area (Å²) in [7, 11) is 0. The Balaban J connectivity index is 0.000000758. The molecule has 122 valence electrons. The van der Waals surface area contributed by atoms with Crippen molar-refractivity contribution < 1.29 is 0 Å². The Hall–Kier alpha value is -2.86. The van der Waals surface area contributed by atoms with Gasteiger partial charge in [0.2, 0.25) is 0 Å². The minimum absolute atomic E-state index is 1.30. The Morgan fingerprint density at radius 2 is 1.04 bits per heavy atom. The van der Waals surface area contributed by atoms with Crippen LogP contribution in [-0.4, -0.2) is 0 Å². The van der Waals surface area contributed by atoms with Gasteiger partial charge >= 0.3 is 0 Å². The molecule has 5 aromatic rings. The lowest BCUT2D eigenvalue weighted by molar-refractivity contribution is 1.50. The van der Waals surface area contributed by atoms with E-state index in [1.54, 1.807) is 0 Å². The third-order valence-electron chi connectivity index (χ3n) is 4.93. The standard InChI is InChI=1S/C23H16.C2H6/c1-15-12-18-13-17-11-10-16-6-2-3-8-20(16)22(17)14-23(18)21-9-5-4-7-19(15)21;1-2/h2-14H,1H3;1-2H3. The quantitative estimate of drug-likeness (QED) is 0.203. The Morgan fingerprint density at radius 3 is 1.84 bits per heavy atom. The first-order valence-electron chi connectivity index (χ1n) is 9.05. The summed E-state index contributed by atoms with van der Waals surface area (Å²) in [5, 5.41) is 10.6. The molecule has 0 atom stereocenters. The molecule has 0 radical (unpaired) electrons. The predicted molar refractivity (Wildman–Crippen MR) is 113 cm³/mol. The van der Waals surface area contributed by atoms with E-state index in [1.807, 2.05) is 13.8 Å². The molecule has 0 saturated heterocycles. The van der Waals surface area contributed by atoms with E-state index >= 15 is 0 Å². The second kappa shape index (κ2) is 6.22. The lowest BCUT2D eigenvalue weighted by atomic mass is 9.93. The van der Waals surface area contributed by atoms with E-state index in [0.717, 1.165) is 0 Å². The van der Waals surface area contributed by atoms with Gasteiger partial charge in [-0.2, -0.15) is 0 Å². The van der Waals surface area contributed by atoms with Crippen LogP contribution in [-0.2, 0) is 0 Å². The molecule has 0 nitrogen and oxygen atoms in total. The van der Waals surface area contributed by atoms with Crippen molar-refractivity contribution in [3.63, 3.8) is 0 Å². The molecule has 0 bridgehead atoms. The molecule has 0 fully saturated rings. The van der Waals surface area contributed by atoms with Crippen molar-refractivity contribution in [3.8, 4) is 0 Å². The molecular weight excluding hydrogens is 300 g/mol. The molecule has 5 aromatic carbocycles. The third kappa shape index (κ3) is 2.46.